The molecule has 0 unspecified atom stereocenters. The molecule has 0 aliphatic carbocycles. The molecule has 7 heteroatoms. The standard InChI is InChI=1S/C18H21N7/c1-12-6-16(22-14-2-3-15-13(7-14)8-20-24-15)23-17(21-12)25-10-18(11-25)4-5-19-9-18/h2-3,6-8,19H,4-5,9-11H2,1H3,(H,20,24)(H,21,22,23). The molecule has 4 heterocycles. The van der Waals surface area contributed by atoms with Crippen molar-refractivity contribution in [2.45, 2.75) is 13.3 Å². The van der Waals surface area contributed by atoms with Gasteiger partial charge in [0.1, 0.15) is 5.82 Å². The molecule has 5 rings (SSSR count). The summed E-state index contributed by atoms with van der Waals surface area (Å²) in [5, 5.41) is 15.0. The highest BCUT2D eigenvalue weighted by molar-refractivity contribution is 5.82. The van der Waals surface area contributed by atoms with Gasteiger partial charge in [-0.05, 0) is 38.1 Å². The van der Waals surface area contributed by atoms with E-state index in [0.717, 1.165) is 60.2 Å². The number of hydrogen-bond acceptors (Lipinski definition) is 6. The Bertz CT molecular complexity index is 918. The summed E-state index contributed by atoms with van der Waals surface area (Å²) >= 11 is 0. The molecule has 3 aromatic rings. The Kier molecular flexibility index (Phi) is 3.18. The molecule has 2 aliphatic heterocycles. The molecule has 2 saturated heterocycles. The van der Waals surface area contributed by atoms with Gasteiger partial charge in [0.2, 0.25) is 5.95 Å². The van der Waals surface area contributed by atoms with Crippen molar-refractivity contribution in [3.05, 3.63) is 36.2 Å². The molecule has 3 N–H and O–H groups in total. The Morgan fingerprint density at radius 2 is 2.12 bits per heavy atom. The lowest BCUT2D eigenvalue weighted by atomic mass is 9.79. The van der Waals surface area contributed by atoms with Gasteiger partial charge >= 0.3 is 0 Å². The van der Waals surface area contributed by atoms with Crippen LogP contribution in [0, 0.1) is 12.3 Å². The Labute approximate surface area is 145 Å². The molecule has 128 valence electrons. The first-order valence-electron chi connectivity index (χ1n) is 8.71. The van der Waals surface area contributed by atoms with Crippen LogP contribution in [0.5, 0.6) is 0 Å². The van der Waals surface area contributed by atoms with Gasteiger partial charge in [-0.25, -0.2) is 4.98 Å². The molecule has 1 aromatic carbocycles. The van der Waals surface area contributed by atoms with Crippen molar-refractivity contribution >= 4 is 28.4 Å². The molecule has 0 radical (unpaired) electrons. The first-order valence-corrected chi connectivity index (χ1v) is 8.71. The van der Waals surface area contributed by atoms with E-state index in [2.05, 4.69) is 36.8 Å². The quantitative estimate of drug-likeness (QED) is 0.681. The molecule has 7 nitrogen and oxygen atoms in total. The van der Waals surface area contributed by atoms with E-state index in [4.69, 9.17) is 4.98 Å². The van der Waals surface area contributed by atoms with Crippen LogP contribution in [0.1, 0.15) is 12.1 Å². The van der Waals surface area contributed by atoms with Gasteiger partial charge in [0.15, 0.2) is 0 Å². The molecular weight excluding hydrogens is 314 g/mol. The molecule has 0 bridgehead atoms. The molecule has 2 fully saturated rings. The predicted octanol–water partition coefficient (Wildman–Crippen LogP) is 2.20. The first kappa shape index (κ1) is 14.7. The summed E-state index contributed by atoms with van der Waals surface area (Å²) in [4.78, 5) is 11.6. The van der Waals surface area contributed by atoms with Crippen LogP contribution in [0.15, 0.2) is 30.5 Å². The summed E-state index contributed by atoms with van der Waals surface area (Å²) in [6.07, 6.45) is 3.08. The molecule has 0 amide bonds. The van der Waals surface area contributed by atoms with Crippen LogP contribution in [-0.4, -0.2) is 46.3 Å². The molecule has 25 heavy (non-hydrogen) atoms. The number of rotatable bonds is 3. The van der Waals surface area contributed by atoms with Crippen molar-refractivity contribution in [1.29, 1.82) is 0 Å². The monoisotopic (exact) mass is 335 g/mol. The lowest BCUT2D eigenvalue weighted by Crippen LogP contribution is -2.58. The topological polar surface area (TPSA) is 81.8 Å². The molecule has 0 atom stereocenters. The Balaban J connectivity index is 1.37. The first-order chi connectivity index (χ1) is 12.2. The SMILES string of the molecule is Cc1cc(Nc2ccc3[nH]ncc3c2)nc(N2CC3(CCNC3)C2)n1. The Morgan fingerprint density at radius 3 is 2.96 bits per heavy atom. The van der Waals surface area contributed by atoms with Crippen molar-refractivity contribution in [3.8, 4) is 0 Å². The van der Waals surface area contributed by atoms with Crippen LogP contribution >= 0.6 is 0 Å². The van der Waals surface area contributed by atoms with E-state index in [1.165, 1.54) is 6.42 Å². The van der Waals surface area contributed by atoms with Crippen LogP contribution in [-0.2, 0) is 0 Å². The van der Waals surface area contributed by atoms with Crippen LogP contribution < -0.4 is 15.5 Å². The van der Waals surface area contributed by atoms with E-state index in [9.17, 15) is 0 Å². The average molecular weight is 335 g/mol. The van der Waals surface area contributed by atoms with Crippen molar-refractivity contribution in [2.75, 3.05) is 36.4 Å². The summed E-state index contributed by atoms with van der Waals surface area (Å²) in [5.74, 6) is 1.65. The third-order valence-corrected chi connectivity index (χ3v) is 5.22. The van der Waals surface area contributed by atoms with Gasteiger partial charge in [-0.2, -0.15) is 10.1 Å². The number of H-pyrrole nitrogens is 1. The van der Waals surface area contributed by atoms with E-state index in [0.29, 0.717) is 5.41 Å². The molecular formula is C18H21N7. The molecule has 0 saturated carbocycles. The van der Waals surface area contributed by atoms with Gasteiger partial charge in [0.05, 0.1) is 11.7 Å². The van der Waals surface area contributed by atoms with Gasteiger partial charge in [-0.15, -0.1) is 0 Å². The highest BCUT2D eigenvalue weighted by atomic mass is 15.3. The van der Waals surface area contributed by atoms with Gasteiger partial charge in [0.25, 0.3) is 0 Å². The van der Waals surface area contributed by atoms with Crippen LogP contribution in [0.25, 0.3) is 10.9 Å². The molecule has 2 aromatic heterocycles. The fourth-order valence-electron chi connectivity index (χ4n) is 3.90. The normalized spacial score (nSPS) is 18.7. The number of nitrogens with one attached hydrogen (secondary N) is 3. The number of aryl methyl sites for hydroxylation is 1. The van der Waals surface area contributed by atoms with Gasteiger partial charge < -0.3 is 15.5 Å². The van der Waals surface area contributed by atoms with E-state index >= 15 is 0 Å². The lowest BCUT2D eigenvalue weighted by Gasteiger charge is -2.47. The van der Waals surface area contributed by atoms with E-state index in [-0.39, 0.29) is 0 Å². The lowest BCUT2D eigenvalue weighted by molar-refractivity contribution is 0.240. The Morgan fingerprint density at radius 1 is 1.20 bits per heavy atom. The highest BCUT2D eigenvalue weighted by Gasteiger charge is 2.45. The summed E-state index contributed by atoms with van der Waals surface area (Å²) in [7, 11) is 0. The summed E-state index contributed by atoms with van der Waals surface area (Å²) < 4.78 is 0. The number of aromatic amines is 1. The zero-order valence-corrected chi connectivity index (χ0v) is 14.2. The minimum atomic E-state index is 0.438. The fourth-order valence-corrected chi connectivity index (χ4v) is 3.90. The van der Waals surface area contributed by atoms with Gasteiger partial charge in [-0.1, -0.05) is 0 Å². The predicted molar refractivity (Wildman–Crippen MR) is 98.3 cm³/mol. The van der Waals surface area contributed by atoms with Gasteiger partial charge in [-0.3, -0.25) is 5.10 Å². The largest absolute Gasteiger partial charge is 0.340 e. The number of fused-ring (bicyclic) bond motifs is 1. The van der Waals surface area contributed by atoms with Crippen LogP contribution in [0.3, 0.4) is 0 Å². The number of anilines is 3. The van der Waals surface area contributed by atoms with Gasteiger partial charge in [0, 0.05) is 47.9 Å². The van der Waals surface area contributed by atoms with E-state index < -0.39 is 0 Å². The fraction of sp³-hybridized carbons (Fsp3) is 0.389. The summed E-state index contributed by atoms with van der Waals surface area (Å²) in [5.41, 5.74) is 3.44. The van der Waals surface area contributed by atoms with Crippen molar-refractivity contribution < 1.29 is 0 Å². The third-order valence-electron chi connectivity index (χ3n) is 5.22. The second-order valence-electron chi connectivity index (χ2n) is 7.27. The second-order valence-corrected chi connectivity index (χ2v) is 7.27. The van der Waals surface area contributed by atoms with Crippen molar-refractivity contribution in [1.82, 2.24) is 25.5 Å². The number of hydrogen-bond donors (Lipinski definition) is 3. The van der Waals surface area contributed by atoms with E-state index in [1.807, 2.05) is 31.3 Å². The van der Waals surface area contributed by atoms with E-state index in [1.54, 1.807) is 0 Å². The third kappa shape index (κ3) is 2.60. The van der Waals surface area contributed by atoms with Crippen LogP contribution in [0.2, 0.25) is 0 Å². The second kappa shape index (κ2) is 5.42. The van der Waals surface area contributed by atoms with Crippen molar-refractivity contribution in [2.24, 2.45) is 5.41 Å². The Hall–Kier alpha value is -2.67. The minimum absolute atomic E-state index is 0.438. The maximum Gasteiger partial charge on any atom is 0.227 e. The van der Waals surface area contributed by atoms with Crippen molar-refractivity contribution in [3.63, 3.8) is 0 Å². The summed E-state index contributed by atoms with van der Waals surface area (Å²) in [6.45, 7) is 6.35. The number of nitrogens with zero attached hydrogens (tertiary/aromatic N) is 4. The molecule has 2 aliphatic rings. The zero-order chi connectivity index (χ0) is 16.9. The summed E-state index contributed by atoms with van der Waals surface area (Å²) in [6, 6.07) is 8.10. The minimum Gasteiger partial charge on any atom is -0.340 e. The van der Waals surface area contributed by atoms with Crippen LogP contribution in [0.4, 0.5) is 17.5 Å². The average Bonchev–Trinajstić information content (AvgIpc) is 3.21. The number of benzene rings is 1. The zero-order valence-electron chi connectivity index (χ0n) is 14.2. The number of aromatic nitrogens is 4. The maximum atomic E-state index is 4.73. The molecule has 1 spiro atoms. The smallest absolute Gasteiger partial charge is 0.227 e. The maximum absolute atomic E-state index is 4.73. The highest BCUT2D eigenvalue weighted by Crippen LogP contribution is 2.38.